The highest BCUT2D eigenvalue weighted by Crippen LogP contribution is 2.53. The van der Waals surface area contributed by atoms with Crippen molar-refractivity contribution in [2.75, 3.05) is 0 Å². The molecule has 5 heteroatoms. The van der Waals surface area contributed by atoms with Crippen LogP contribution in [-0.4, -0.2) is 30.1 Å². The van der Waals surface area contributed by atoms with E-state index in [-0.39, 0.29) is 12.2 Å². The molecule has 2 fully saturated rings. The van der Waals surface area contributed by atoms with Crippen molar-refractivity contribution in [2.24, 2.45) is 0 Å². The van der Waals surface area contributed by atoms with Crippen molar-refractivity contribution >= 4 is 5.97 Å². The highest BCUT2D eigenvalue weighted by Gasteiger charge is 2.72. The number of rotatable bonds is 1. The molecule has 0 radical (unpaired) electrons. The lowest BCUT2D eigenvalue weighted by molar-refractivity contribution is -0.227. The smallest absolute Gasteiger partial charge is 0.321 e. The number of ether oxygens (including phenoxy) is 4. The van der Waals surface area contributed by atoms with E-state index >= 15 is 0 Å². The fraction of sp³-hybridized carbons (Fsp3) is 0.400. The summed E-state index contributed by atoms with van der Waals surface area (Å²) in [5.41, 5.74) is 0. The van der Waals surface area contributed by atoms with Crippen molar-refractivity contribution in [1.29, 1.82) is 0 Å². The molecule has 3 aliphatic rings. The first-order chi connectivity index (χ1) is 9.67. The van der Waals surface area contributed by atoms with E-state index in [0.29, 0.717) is 5.76 Å². The minimum atomic E-state index is -1.11. The molecule has 20 heavy (non-hydrogen) atoms. The van der Waals surface area contributed by atoms with Crippen LogP contribution in [0.2, 0.25) is 0 Å². The highest BCUT2D eigenvalue weighted by atomic mass is 16.8. The van der Waals surface area contributed by atoms with Gasteiger partial charge in [-0.25, -0.2) is 0 Å². The summed E-state index contributed by atoms with van der Waals surface area (Å²) in [5.74, 6) is 9.80. The Labute approximate surface area is 116 Å². The zero-order valence-electron chi connectivity index (χ0n) is 11.0. The van der Waals surface area contributed by atoms with Crippen LogP contribution in [0, 0.1) is 23.7 Å². The van der Waals surface area contributed by atoms with Gasteiger partial charge in [-0.05, 0) is 24.8 Å². The molecule has 0 N–H and O–H groups in total. The number of esters is 1. The molecule has 0 saturated carbocycles. The van der Waals surface area contributed by atoms with Crippen molar-refractivity contribution in [2.45, 2.75) is 37.9 Å². The minimum Gasteiger partial charge on any atom is -0.454 e. The minimum absolute atomic E-state index is 0.197. The molecule has 3 heterocycles. The van der Waals surface area contributed by atoms with Gasteiger partial charge in [0.15, 0.2) is 12.2 Å². The first kappa shape index (κ1) is 12.7. The number of epoxide rings is 1. The fourth-order valence-electron chi connectivity index (χ4n) is 2.28. The number of fused-ring (bicyclic) bond motifs is 2. The van der Waals surface area contributed by atoms with Crippen LogP contribution in [0.1, 0.15) is 13.8 Å². The quantitative estimate of drug-likeness (QED) is 0.403. The van der Waals surface area contributed by atoms with Crippen LogP contribution in [0.4, 0.5) is 0 Å². The van der Waals surface area contributed by atoms with Gasteiger partial charge in [0.05, 0.1) is 6.26 Å². The third kappa shape index (κ3) is 1.93. The molecule has 5 nitrogen and oxygen atoms in total. The molecule has 102 valence electrons. The lowest BCUT2D eigenvalue weighted by Crippen LogP contribution is -2.46. The van der Waals surface area contributed by atoms with Crippen molar-refractivity contribution in [3.63, 3.8) is 0 Å². The number of hydrogen-bond acceptors (Lipinski definition) is 5. The normalized spacial score (nSPS) is 37.1. The Morgan fingerprint density at radius 2 is 2.35 bits per heavy atom. The van der Waals surface area contributed by atoms with Crippen LogP contribution in [0.3, 0.4) is 0 Å². The molecular formula is C15H12O5. The third-order valence-corrected chi connectivity index (χ3v) is 3.12. The molecule has 0 aromatic heterocycles. The largest absolute Gasteiger partial charge is 0.454 e. The van der Waals surface area contributed by atoms with Gasteiger partial charge in [0.25, 0.3) is 0 Å². The third-order valence-electron chi connectivity index (χ3n) is 3.12. The Bertz CT molecular complexity index is 624. The maximum absolute atomic E-state index is 11.1. The van der Waals surface area contributed by atoms with E-state index in [1.165, 1.54) is 13.2 Å². The van der Waals surface area contributed by atoms with Crippen molar-refractivity contribution < 1.29 is 23.7 Å². The van der Waals surface area contributed by atoms with E-state index in [0.717, 1.165) is 0 Å². The number of hydrogen-bond donors (Lipinski definition) is 0. The van der Waals surface area contributed by atoms with Gasteiger partial charge in [-0.3, -0.25) is 4.79 Å². The summed E-state index contributed by atoms with van der Waals surface area (Å²) in [6, 6.07) is 0. The van der Waals surface area contributed by atoms with Crippen LogP contribution < -0.4 is 0 Å². The zero-order valence-corrected chi connectivity index (χ0v) is 11.0. The molecule has 4 atom stereocenters. The first-order valence-corrected chi connectivity index (χ1v) is 6.16. The van der Waals surface area contributed by atoms with Crippen LogP contribution in [-0.2, 0) is 23.7 Å². The summed E-state index contributed by atoms with van der Waals surface area (Å²) < 4.78 is 22.0. The molecule has 2 saturated heterocycles. The Balaban J connectivity index is 1.79. The van der Waals surface area contributed by atoms with E-state index in [1.54, 1.807) is 19.1 Å². The van der Waals surface area contributed by atoms with Gasteiger partial charge < -0.3 is 18.9 Å². The van der Waals surface area contributed by atoms with Gasteiger partial charge in [0, 0.05) is 13.0 Å². The predicted molar refractivity (Wildman–Crippen MR) is 67.6 cm³/mol. The standard InChI is InChI=1S/C15H12O5/c1-3-4-5-6-7-11-13-14(19-13)15(20-11)12(8-9-17-15)18-10(2)16/h7-9,12-14H,1-2H3/b11-7-. The second-order valence-electron chi connectivity index (χ2n) is 4.47. The van der Waals surface area contributed by atoms with Gasteiger partial charge in [-0.2, -0.15) is 0 Å². The second-order valence-corrected chi connectivity index (χ2v) is 4.47. The average molecular weight is 272 g/mol. The fourth-order valence-corrected chi connectivity index (χ4v) is 2.28. The van der Waals surface area contributed by atoms with E-state index < -0.39 is 17.9 Å². The summed E-state index contributed by atoms with van der Waals surface area (Å²) in [5, 5.41) is 0. The summed E-state index contributed by atoms with van der Waals surface area (Å²) in [7, 11) is 0. The molecule has 0 amide bonds. The number of carbonyl (C=O) groups is 1. The van der Waals surface area contributed by atoms with Gasteiger partial charge in [0.2, 0.25) is 6.10 Å². The van der Waals surface area contributed by atoms with Gasteiger partial charge in [-0.15, -0.1) is 0 Å². The van der Waals surface area contributed by atoms with Crippen LogP contribution in [0.25, 0.3) is 0 Å². The van der Waals surface area contributed by atoms with E-state index in [9.17, 15) is 4.79 Å². The molecule has 4 unspecified atom stereocenters. The highest BCUT2D eigenvalue weighted by molar-refractivity contribution is 5.66. The lowest BCUT2D eigenvalue weighted by Gasteiger charge is -2.29. The summed E-state index contributed by atoms with van der Waals surface area (Å²) in [4.78, 5) is 11.1. The lowest BCUT2D eigenvalue weighted by atomic mass is 10.1. The van der Waals surface area contributed by atoms with Gasteiger partial charge in [-0.1, -0.05) is 11.8 Å². The summed E-state index contributed by atoms with van der Waals surface area (Å²) in [6.07, 6.45) is 3.60. The van der Waals surface area contributed by atoms with Crippen LogP contribution in [0.15, 0.2) is 24.2 Å². The van der Waals surface area contributed by atoms with E-state index in [1.807, 2.05) is 0 Å². The van der Waals surface area contributed by atoms with Gasteiger partial charge in [0.1, 0.15) is 5.76 Å². The van der Waals surface area contributed by atoms with Crippen LogP contribution in [0.5, 0.6) is 0 Å². The molecule has 0 bridgehead atoms. The van der Waals surface area contributed by atoms with Crippen molar-refractivity contribution in [1.82, 2.24) is 0 Å². The Kier molecular flexibility index (Phi) is 2.93. The van der Waals surface area contributed by atoms with Crippen molar-refractivity contribution in [3.05, 3.63) is 24.2 Å². The maximum atomic E-state index is 11.1. The molecule has 3 rings (SSSR count). The average Bonchev–Trinajstić information content (AvgIpc) is 3.05. The monoisotopic (exact) mass is 272 g/mol. The van der Waals surface area contributed by atoms with E-state index in [2.05, 4.69) is 23.7 Å². The number of carbonyl (C=O) groups excluding carboxylic acids is 1. The maximum Gasteiger partial charge on any atom is 0.321 e. The topological polar surface area (TPSA) is 57.3 Å². The molecule has 0 aromatic carbocycles. The Hall–Kier alpha value is -2.37. The second kappa shape index (κ2) is 4.63. The molecule has 3 aliphatic heterocycles. The number of allylic oxidation sites excluding steroid dienone is 1. The molecule has 0 aliphatic carbocycles. The summed E-state index contributed by atoms with van der Waals surface area (Å²) >= 11 is 0. The zero-order chi connectivity index (χ0) is 14.2. The Morgan fingerprint density at radius 1 is 1.50 bits per heavy atom. The molecule has 0 aromatic rings. The van der Waals surface area contributed by atoms with Crippen molar-refractivity contribution in [3.8, 4) is 23.7 Å². The SMILES string of the molecule is CC#CC#C/C=C1\OC2(OC=CC2OC(C)=O)C2OC12. The molecular weight excluding hydrogens is 260 g/mol. The Morgan fingerprint density at radius 3 is 3.10 bits per heavy atom. The molecule has 1 spiro atoms. The predicted octanol–water partition coefficient (Wildman–Crippen LogP) is 0.866. The van der Waals surface area contributed by atoms with E-state index in [4.69, 9.17) is 18.9 Å². The van der Waals surface area contributed by atoms with Gasteiger partial charge >= 0.3 is 11.8 Å². The first-order valence-electron chi connectivity index (χ1n) is 6.16. The summed E-state index contributed by atoms with van der Waals surface area (Å²) in [6.45, 7) is 3.05. The van der Waals surface area contributed by atoms with Crippen LogP contribution >= 0.6 is 0 Å².